The molecule has 0 aromatic heterocycles. The topological polar surface area (TPSA) is 20.3 Å². The Labute approximate surface area is 128 Å². The van der Waals surface area contributed by atoms with Crippen LogP contribution in [0.2, 0.25) is 5.02 Å². The van der Waals surface area contributed by atoms with Gasteiger partial charge >= 0.3 is 0 Å². The second kappa shape index (κ2) is 5.86. The molecule has 1 aliphatic carbocycles. The molecule has 1 aliphatic rings. The maximum Gasteiger partial charge on any atom is 0.255 e. The summed E-state index contributed by atoms with van der Waals surface area (Å²) in [5.74, 6) is -0.415. The Bertz CT molecular complexity index is 669. The normalized spacial score (nSPS) is 14.0. The van der Waals surface area contributed by atoms with Gasteiger partial charge in [-0.05, 0) is 31.0 Å². The first kappa shape index (κ1) is 14.1. The van der Waals surface area contributed by atoms with Crippen LogP contribution in [0.5, 0.6) is 0 Å². The quantitative estimate of drug-likeness (QED) is 0.825. The third kappa shape index (κ3) is 3.08. The van der Waals surface area contributed by atoms with Crippen LogP contribution in [-0.2, 0) is 6.54 Å². The number of carbonyl (C=O) groups is 1. The molecule has 0 heterocycles. The lowest BCUT2D eigenvalue weighted by Crippen LogP contribution is -2.33. The molecule has 0 radical (unpaired) electrons. The second-order valence-corrected chi connectivity index (χ2v) is 5.64. The van der Waals surface area contributed by atoms with Gasteiger partial charge in [0.15, 0.2) is 0 Å². The summed E-state index contributed by atoms with van der Waals surface area (Å²) < 4.78 is 13.8. The molecule has 3 rings (SSSR count). The summed E-state index contributed by atoms with van der Waals surface area (Å²) >= 11 is 6.10. The number of rotatable bonds is 4. The van der Waals surface area contributed by atoms with Crippen molar-refractivity contribution in [2.75, 3.05) is 0 Å². The van der Waals surface area contributed by atoms with Crippen molar-refractivity contribution in [2.45, 2.75) is 25.4 Å². The fourth-order valence-corrected chi connectivity index (χ4v) is 2.57. The van der Waals surface area contributed by atoms with Crippen LogP contribution in [0.15, 0.2) is 48.5 Å². The molecular formula is C17H15ClFNO. The van der Waals surface area contributed by atoms with E-state index in [2.05, 4.69) is 0 Å². The number of amides is 1. The zero-order valence-electron chi connectivity index (χ0n) is 11.4. The minimum absolute atomic E-state index is 0.133. The molecule has 1 amide bonds. The van der Waals surface area contributed by atoms with Crippen LogP contribution in [0.25, 0.3) is 0 Å². The van der Waals surface area contributed by atoms with Crippen molar-refractivity contribution in [1.29, 1.82) is 0 Å². The Morgan fingerprint density at radius 3 is 2.48 bits per heavy atom. The summed E-state index contributed by atoms with van der Waals surface area (Å²) in [6.07, 6.45) is 1.93. The summed E-state index contributed by atoms with van der Waals surface area (Å²) in [6.45, 7) is 0.279. The molecule has 0 saturated heterocycles. The molecule has 2 aromatic rings. The zero-order chi connectivity index (χ0) is 14.8. The predicted octanol–water partition coefficient (Wildman–Crippen LogP) is 4.28. The molecule has 0 aliphatic heterocycles. The van der Waals surface area contributed by atoms with Gasteiger partial charge in [-0.15, -0.1) is 0 Å². The third-order valence-electron chi connectivity index (χ3n) is 3.65. The van der Waals surface area contributed by atoms with Crippen molar-refractivity contribution >= 4 is 17.5 Å². The Hall–Kier alpha value is -1.87. The maximum absolute atomic E-state index is 13.8. The van der Waals surface area contributed by atoms with E-state index in [1.165, 1.54) is 6.07 Å². The fraction of sp³-hybridized carbons (Fsp3) is 0.235. The van der Waals surface area contributed by atoms with Crippen LogP contribution >= 0.6 is 11.6 Å². The molecule has 1 saturated carbocycles. The molecule has 21 heavy (non-hydrogen) atoms. The molecule has 0 bridgehead atoms. The lowest BCUT2D eigenvalue weighted by Gasteiger charge is -2.23. The highest BCUT2D eigenvalue weighted by atomic mass is 35.5. The van der Waals surface area contributed by atoms with Crippen molar-refractivity contribution < 1.29 is 9.18 Å². The minimum atomic E-state index is -0.282. The number of carbonyl (C=O) groups excluding carboxylic acids is 1. The van der Waals surface area contributed by atoms with Gasteiger partial charge in [0.25, 0.3) is 5.91 Å². The summed E-state index contributed by atoms with van der Waals surface area (Å²) in [4.78, 5) is 14.4. The smallest absolute Gasteiger partial charge is 0.255 e. The lowest BCUT2D eigenvalue weighted by molar-refractivity contribution is 0.0728. The van der Waals surface area contributed by atoms with Gasteiger partial charge < -0.3 is 4.90 Å². The fourth-order valence-electron chi connectivity index (χ4n) is 2.35. The van der Waals surface area contributed by atoms with Gasteiger partial charge in [0.1, 0.15) is 5.82 Å². The van der Waals surface area contributed by atoms with E-state index >= 15 is 0 Å². The van der Waals surface area contributed by atoms with E-state index in [9.17, 15) is 9.18 Å². The third-order valence-corrected chi connectivity index (χ3v) is 3.98. The summed E-state index contributed by atoms with van der Waals surface area (Å²) in [6, 6.07) is 13.7. The van der Waals surface area contributed by atoms with Crippen molar-refractivity contribution in [3.63, 3.8) is 0 Å². The van der Waals surface area contributed by atoms with Crippen LogP contribution in [0.1, 0.15) is 28.8 Å². The Morgan fingerprint density at radius 1 is 1.14 bits per heavy atom. The maximum atomic E-state index is 13.8. The minimum Gasteiger partial charge on any atom is -0.331 e. The van der Waals surface area contributed by atoms with Crippen LogP contribution in [0, 0.1) is 5.82 Å². The lowest BCUT2D eigenvalue weighted by atomic mass is 10.1. The highest BCUT2D eigenvalue weighted by molar-refractivity contribution is 6.33. The first-order valence-corrected chi connectivity index (χ1v) is 7.33. The Kier molecular flexibility index (Phi) is 3.93. The van der Waals surface area contributed by atoms with Crippen molar-refractivity contribution in [1.82, 2.24) is 4.90 Å². The van der Waals surface area contributed by atoms with Gasteiger partial charge in [-0.25, -0.2) is 4.39 Å². The monoisotopic (exact) mass is 303 g/mol. The molecule has 0 unspecified atom stereocenters. The first-order valence-electron chi connectivity index (χ1n) is 6.95. The van der Waals surface area contributed by atoms with Gasteiger partial charge in [-0.2, -0.15) is 0 Å². The van der Waals surface area contributed by atoms with E-state index in [0.29, 0.717) is 16.1 Å². The number of halogens is 2. The van der Waals surface area contributed by atoms with Crippen LogP contribution in [0.3, 0.4) is 0 Å². The standard InChI is InChI=1S/C17H15ClFNO/c18-15-7-3-2-6-14(15)17(21)20(13-9-10-13)11-12-5-1-4-8-16(12)19/h1-8,13H,9-11H2. The molecule has 1 fully saturated rings. The summed E-state index contributed by atoms with van der Waals surface area (Å²) in [5.41, 5.74) is 1.01. The molecule has 0 spiro atoms. The van der Waals surface area contributed by atoms with E-state index in [4.69, 9.17) is 11.6 Å². The van der Waals surface area contributed by atoms with E-state index in [1.54, 1.807) is 47.4 Å². The molecule has 2 aromatic carbocycles. The van der Waals surface area contributed by atoms with E-state index in [-0.39, 0.29) is 24.3 Å². The SMILES string of the molecule is O=C(c1ccccc1Cl)N(Cc1ccccc1F)C1CC1. The largest absolute Gasteiger partial charge is 0.331 e. The molecule has 2 nitrogen and oxygen atoms in total. The van der Waals surface area contributed by atoms with Gasteiger partial charge in [0, 0.05) is 18.2 Å². The van der Waals surface area contributed by atoms with Crippen LogP contribution < -0.4 is 0 Å². The second-order valence-electron chi connectivity index (χ2n) is 5.24. The summed E-state index contributed by atoms with van der Waals surface area (Å²) in [7, 11) is 0. The van der Waals surface area contributed by atoms with E-state index in [1.807, 2.05) is 0 Å². The first-order chi connectivity index (χ1) is 10.2. The van der Waals surface area contributed by atoms with Crippen molar-refractivity contribution in [3.8, 4) is 0 Å². The number of benzene rings is 2. The molecule has 108 valence electrons. The van der Waals surface area contributed by atoms with Crippen molar-refractivity contribution in [3.05, 3.63) is 70.5 Å². The number of nitrogens with zero attached hydrogens (tertiary/aromatic N) is 1. The van der Waals surface area contributed by atoms with Gasteiger partial charge in [-0.1, -0.05) is 41.9 Å². The molecule has 4 heteroatoms. The number of hydrogen-bond donors (Lipinski definition) is 0. The molecule has 0 atom stereocenters. The van der Waals surface area contributed by atoms with Gasteiger partial charge in [0.05, 0.1) is 10.6 Å². The molecular weight excluding hydrogens is 289 g/mol. The molecule has 0 N–H and O–H groups in total. The van der Waals surface area contributed by atoms with Gasteiger partial charge in [0.2, 0.25) is 0 Å². The Morgan fingerprint density at radius 2 is 1.81 bits per heavy atom. The average Bonchev–Trinajstić information content (AvgIpc) is 3.31. The van der Waals surface area contributed by atoms with E-state index in [0.717, 1.165) is 12.8 Å². The average molecular weight is 304 g/mol. The predicted molar refractivity (Wildman–Crippen MR) is 80.7 cm³/mol. The highest BCUT2D eigenvalue weighted by Gasteiger charge is 2.34. The van der Waals surface area contributed by atoms with Crippen molar-refractivity contribution in [2.24, 2.45) is 0 Å². The van der Waals surface area contributed by atoms with Crippen LogP contribution in [0.4, 0.5) is 4.39 Å². The number of hydrogen-bond acceptors (Lipinski definition) is 1. The Balaban J connectivity index is 1.87. The zero-order valence-corrected chi connectivity index (χ0v) is 12.2. The van der Waals surface area contributed by atoms with Gasteiger partial charge in [-0.3, -0.25) is 4.79 Å². The highest BCUT2D eigenvalue weighted by Crippen LogP contribution is 2.31. The van der Waals surface area contributed by atoms with E-state index < -0.39 is 0 Å². The summed E-state index contributed by atoms with van der Waals surface area (Å²) in [5, 5.41) is 0.432. The van der Waals surface area contributed by atoms with Crippen LogP contribution in [-0.4, -0.2) is 16.8 Å².